The van der Waals surface area contributed by atoms with Crippen molar-refractivity contribution in [1.29, 1.82) is 0 Å². The molecule has 7 atom stereocenters. The summed E-state index contributed by atoms with van der Waals surface area (Å²) in [5.41, 5.74) is -0.699. The maximum atomic E-state index is 13.3. The van der Waals surface area contributed by atoms with E-state index in [9.17, 15) is 14.7 Å². The van der Waals surface area contributed by atoms with Gasteiger partial charge in [-0.15, -0.1) is 0 Å². The molecule has 4 aliphatic rings. The summed E-state index contributed by atoms with van der Waals surface area (Å²) in [6.07, 6.45) is 15.1. The van der Waals surface area contributed by atoms with E-state index in [-0.39, 0.29) is 30.0 Å². The second-order valence-electron chi connectivity index (χ2n) is 12.5. The van der Waals surface area contributed by atoms with Crippen LogP contribution in [0.15, 0.2) is 4.79 Å². The Morgan fingerprint density at radius 2 is 1.74 bits per heavy atom. The van der Waals surface area contributed by atoms with Crippen LogP contribution < -0.4 is 5.69 Å². The number of carbonyl (C=O) groups is 1. The fraction of sp³-hybridized carbons (Fsp3) is 0.926. The highest BCUT2D eigenvalue weighted by molar-refractivity contribution is 5.80. The van der Waals surface area contributed by atoms with Crippen molar-refractivity contribution in [2.75, 3.05) is 0 Å². The van der Waals surface area contributed by atoms with Gasteiger partial charge in [0.15, 0.2) is 5.78 Å². The molecule has 0 radical (unpaired) electrons. The minimum Gasteiger partial charge on any atom is -0.390 e. The molecule has 190 valence electrons. The molecule has 5 rings (SSSR count). The summed E-state index contributed by atoms with van der Waals surface area (Å²) in [4.78, 5) is 26.1. The molecule has 7 heteroatoms. The Morgan fingerprint density at radius 1 is 0.941 bits per heavy atom. The molecular formula is C27H44N4O3. The van der Waals surface area contributed by atoms with Gasteiger partial charge in [0, 0.05) is 5.92 Å². The Balaban J connectivity index is 1.23. The van der Waals surface area contributed by atoms with Gasteiger partial charge < -0.3 is 5.11 Å². The summed E-state index contributed by atoms with van der Waals surface area (Å²) in [5.74, 6) is 3.73. The SMILES string of the molecule is CC1CC[C@H](C(=O)Cn2nnn(C3CCCC3)c2=O)CCC[C@@H]2[C@H]3CC[C@@](C)(O)C[C@H]3CC[C@@H]12. The number of carbonyl (C=O) groups excluding carboxylic acids is 1. The van der Waals surface area contributed by atoms with E-state index in [2.05, 4.69) is 17.4 Å². The van der Waals surface area contributed by atoms with Crippen LogP contribution >= 0.6 is 0 Å². The second-order valence-corrected chi connectivity index (χ2v) is 12.5. The predicted octanol–water partition coefficient (Wildman–Crippen LogP) is 4.53. The number of aromatic nitrogens is 4. The third-order valence-corrected chi connectivity index (χ3v) is 10.2. The van der Waals surface area contributed by atoms with Crippen LogP contribution in [-0.2, 0) is 11.3 Å². The zero-order valence-electron chi connectivity index (χ0n) is 21.2. The van der Waals surface area contributed by atoms with Gasteiger partial charge in [0.1, 0.15) is 6.54 Å². The predicted molar refractivity (Wildman–Crippen MR) is 130 cm³/mol. The first-order valence-electron chi connectivity index (χ1n) is 14.1. The number of nitrogens with zero attached hydrogens (tertiary/aromatic N) is 4. The summed E-state index contributed by atoms with van der Waals surface area (Å²) in [6.45, 7) is 4.49. The van der Waals surface area contributed by atoms with Crippen LogP contribution in [0.2, 0.25) is 0 Å². The van der Waals surface area contributed by atoms with Gasteiger partial charge in [0.2, 0.25) is 0 Å². The molecule has 0 aliphatic heterocycles. The highest BCUT2D eigenvalue weighted by atomic mass is 16.3. The van der Waals surface area contributed by atoms with Gasteiger partial charge in [-0.2, -0.15) is 9.36 Å². The molecular weight excluding hydrogens is 428 g/mol. The standard InChI is InChI=1S/C27H44N4O3/c1-18-10-11-19(25(32)17-30-26(33)31(29-28-30)21-7-3-4-8-21)6-5-9-24-22(18)13-12-20-16-27(2,34)15-14-23(20)24/h18-24,34H,3-17H2,1-2H3/t18?,19-,20-,22+,23+,24+,27-/m1/s1. The fourth-order valence-electron chi connectivity index (χ4n) is 8.27. The molecule has 0 bridgehead atoms. The molecule has 1 aromatic rings. The average molecular weight is 473 g/mol. The minimum atomic E-state index is -0.479. The zero-order chi connectivity index (χ0) is 23.9. The highest BCUT2D eigenvalue weighted by Gasteiger charge is 2.46. The maximum Gasteiger partial charge on any atom is 0.364 e. The van der Waals surface area contributed by atoms with Gasteiger partial charge in [-0.25, -0.2) is 4.79 Å². The van der Waals surface area contributed by atoms with E-state index in [1.165, 1.54) is 28.6 Å². The van der Waals surface area contributed by atoms with E-state index >= 15 is 0 Å². The number of fused-ring (bicyclic) bond motifs is 3. The first-order valence-corrected chi connectivity index (χ1v) is 14.1. The lowest BCUT2D eigenvalue weighted by Gasteiger charge is -2.50. The van der Waals surface area contributed by atoms with Crippen LogP contribution in [0.25, 0.3) is 0 Å². The van der Waals surface area contributed by atoms with Gasteiger partial charge >= 0.3 is 5.69 Å². The summed E-state index contributed by atoms with van der Waals surface area (Å²) in [7, 11) is 0. The Labute approximate surface area is 203 Å². The van der Waals surface area contributed by atoms with Crippen LogP contribution in [0.3, 0.4) is 0 Å². The van der Waals surface area contributed by atoms with Crippen molar-refractivity contribution in [3.05, 3.63) is 10.5 Å². The van der Waals surface area contributed by atoms with Crippen molar-refractivity contribution in [2.24, 2.45) is 35.5 Å². The molecule has 1 N–H and O–H groups in total. The number of ketones is 1. The van der Waals surface area contributed by atoms with Gasteiger partial charge in [-0.05, 0) is 118 Å². The monoisotopic (exact) mass is 472 g/mol. The van der Waals surface area contributed by atoms with Crippen molar-refractivity contribution >= 4 is 5.78 Å². The topological polar surface area (TPSA) is 90.0 Å². The Kier molecular flexibility index (Phi) is 7.02. The second kappa shape index (κ2) is 9.87. The van der Waals surface area contributed by atoms with Crippen LogP contribution in [0.1, 0.15) is 110 Å². The van der Waals surface area contributed by atoms with E-state index < -0.39 is 5.60 Å². The average Bonchev–Trinajstić information content (AvgIpc) is 3.45. The van der Waals surface area contributed by atoms with Crippen molar-refractivity contribution in [2.45, 2.75) is 122 Å². The molecule has 1 heterocycles. The van der Waals surface area contributed by atoms with E-state index in [1.54, 1.807) is 0 Å². The molecule has 0 aromatic carbocycles. The Morgan fingerprint density at radius 3 is 2.53 bits per heavy atom. The number of rotatable bonds is 4. The smallest absolute Gasteiger partial charge is 0.364 e. The third kappa shape index (κ3) is 4.91. The van der Waals surface area contributed by atoms with Crippen LogP contribution in [0.4, 0.5) is 0 Å². The Hall–Kier alpha value is -1.50. The largest absolute Gasteiger partial charge is 0.390 e. The van der Waals surface area contributed by atoms with Crippen LogP contribution in [0, 0.1) is 35.5 Å². The summed E-state index contributed by atoms with van der Waals surface area (Å²) in [6, 6.07) is 0.151. The lowest BCUT2D eigenvalue weighted by atomic mass is 9.56. The van der Waals surface area contributed by atoms with Crippen molar-refractivity contribution in [1.82, 2.24) is 19.8 Å². The molecule has 4 saturated carbocycles. The van der Waals surface area contributed by atoms with Crippen molar-refractivity contribution < 1.29 is 9.90 Å². The molecule has 34 heavy (non-hydrogen) atoms. The maximum absolute atomic E-state index is 13.3. The number of Topliss-reactive ketones (excluding diaryl/α,β-unsaturated/α-hetero) is 1. The number of aliphatic hydroxyl groups is 1. The van der Waals surface area contributed by atoms with Crippen molar-refractivity contribution in [3.8, 4) is 0 Å². The first kappa shape index (κ1) is 24.2. The fourth-order valence-corrected chi connectivity index (χ4v) is 8.27. The summed E-state index contributed by atoms with van der Waals surface area (Å²) >= 11 is 0. The normalized spacial score (nSPS) is 39.5. The number of hydrogen-bond donors (Lipinski definition) is 1. The molecule has 0 amide bonds. The highest BCUT2D eigenvalue weighted by Crippen LogP contribution is 2.53. The van der Waals surface area contributed by atoms with Gasteiger partial charge in [-0.1, -0.05) is 26.2 Å². The van der Waals surface area contributed by atoms with Crippen LogP contribution in [-0.4, -0.2) is 36.3 Å². The molecule has 0 saturated heterocycles. The van der Waals surface area contributed by atoms with Gasteiger partial charge in [0.05, 0.1) is 11.6 Å². The van der Waals surface area contributed by atoms with E-state index in [4.69, 9.17) is 0 Å². The lowest BCUT2D eigenvalue weighted by molar-refractivity contribution is -0.124. The molecule has 4 fully saturated rings. The first-order chi connectivity index (χ1) is 16.3. The zero-order valence-corrected chi connectivity index (χ0v) is 21.2. The molecule has 0 spiro atoms. The van der Waals surface area contributed by atoms with E-state index in [0.29, 0.717) is 11.8 Å². The molecule has 1 unspecified atom stereocenters. The molecule has 7 nitrogen and oxygen atoms in total. The van der Waals surface area contributed by atoms with Crippen LogP contribution in [0.5, 0.6) is 0 Å². The minimum absolute atomic E-state index is 0.0222. The molecule has 1 aromatic heterocycles. The third-order valence-electron chi connectivity index (χ3n) is 10.2. The van der Waals surface area contributed by atoms with E-state index in [1.807, 2.05) is 6.92 Å². The lowest BCUT2D eigenvalue weighted by Crippen LogP contribution is -2.45. The Bertz CT molecular complexity index is 915. The summed E-state index contributed by atoms with van der Waals surface area (Å²) < 4.78 is 2.81. The quantitative estimate of drug-likeness (QED) is 0.695. The van der Waals surface area contributed by atoms with Gasteiger partial charge in [0.25, 0.3) is 0 Å². The summed E-state index contributed by atoms with van der Waals surface area (Å²) in [5, 5.41) is 18.8. The molecule has 4 aliphatic carbocycles. The number of hydrogen-bond acceptors (Lipinski definition) is 5. The van der Waals surface area contributed by atoms with Gasteiger partial charge in [-0.3, -0.25) is 4.79 Å². The van der Waals surface area contributed by atoms with E-state index in [0.717, 1.165) is 88.4 Å². The number of tetrazole rings is 1. The van der Waals surface area contributed by atoms with Crippen molar-refractivity contribution in [3.63, 3.8) is 0 Å².